The Morgan fingerprint density at radius 3 is 2.65 bits per heavy atom. The van der Waals surface area contributed by atoms with Gasteiger partial charge in [0.2, 0.25) is 5.91 Å². The smallest absolute Gasteiger partial charge is 0.342 e. The van der Waals surface area contributed by atoms with Crippen LogP contribution in [0.25, 0.3) is 0 Å². The number of aryl methyl sites for hydroxylation is 2. The Kier molecular flexibility index (Phi) is 5.48. The molecule has 1 aromatic carbocycles. The van der Waals surface area contributed by atoms with E-state index in [9.17, 15) is 9.59 Å². The Morgan fingerprint density at radius 1 is 1.19 bits per heavy atom. The Labute approximate surface area is 154 Å². The molecule has 2 heterocycles. The lowest BCUT2D eigenvalue weighted by Gasteiger charge is -2.04. The highest BCUT2D eigenvalue weighted by atomic mass is 32.1. The second kappa shape index (κ2) is 7.97. The SMILES string of the molecule is Cc1ccc(NC(=O)Cc2nc(COC(=O)c3ccoc3C)cs2)cc1. The lowest BCUT2D eigenvalue weighted by Crippen LogP contribution is -2.14. The highest BCUT2D eigenvalue weighted by Crippen LogP contribution is 2.15. The second-order valence-corrected chi connectivity index (χ2v) is 6.73. The summed E-state index contributed by atoms with van der Waals surface area (Å²) in [7, 11) is 0. The quantitative estimate of drug-likeness (QED) is 0.666. The molecule has 0 aliphatic carbocycles. The van der Waals surface area contributed by atoms with Crippen molar-refractivity contribution in [3.05, 3.63) is 69.6 Å². The molecule has 0 spiro atoms. The van der Waals surface area contributed by atoms with E-state index in [0.29, 0.717) is 22.0 Å². The number of hydrogen-bond acceptors (Lipinski definition) is 6. The first-order valence-electron chi connectivity index (χ1n) is 8.02. The number of aromatic nitrogens is 1. The van der Waals surface area contributed by atoms with E-state index in [1.165, 1.54) is 17.6 Å². The second-order valence-electron chi connectivity index (χ2n) is 5.79. The van der Waals surface area contributed by atoms with Crippen LogP contribution in [-0.2, 0) is 22.6 Å². The van der Waals surface area contributed by atoms with Gasteiger partial charge in [0.15, 0.2) is 0 Å². The maximum absolute atomic E-state index is 12.1. The predicted octanol–water partition coefficient (Wildman–Crippen LogP) is 3.89. The number of rotatable bonds is 6. The van der Waals surface area contributed by atoms with E-state index in [2.05, 4.69) is 10.3 Å². The van der Waals surface area contributed by atoms with Gasteiger partial charge in [-0.25, -0.2) is 9.78 Å². The number of nitrogens with one attached hydrogen (secondary N) is 1. The molecule has 1 N–H and O–H groups in total. The Bertz CT molecular complexity index is 912. The van der Waals surface area contributed by atoms with Crippen LogP contribution in [0.5, 0.6) is 0 Å². The summed E-state index contributed by atoms with van der Waals surface area (Å²) in [6, 6.07) is 9.16. The zero-order valence-corrected chi connectivity index (χ0v) is 15.3. The first-order chi connectivity index (χ1) is 12.5. The summed E-state index contributed by atoms with van der Waals surface area (Å²) in [5.41, 5.74) is 2.90. The van der Waals surface area contributed by atoms with Gasteiger partial charge < -0.3 is 14.5 Å². The van der Waals surface area contributed by atoms with Gasteiger partial charge in [-0.05, 0) is 32.0 Å². The molecule has 0 aliphatic heterocycles. The molecule has 1 amide bonds. The van der Waals surface area contributed by atoms with Gasteiger partial charge in [0.1, 0.15) is 22.9 Å². The monoisotopic (exact) mass is 370 g/mol. The summed E-state index contributed by atoms with van der Waals surface area (Å²) in [6.07, 6.45) is 1.62. The first-order valence-corrected chi connectivity index (χ1v) is 8.90. The van der Waals surface area contributed by atoms with Crippen LogP contribution in [0.3, 0.4) is 0 Å². The average Bonchev–Trinajstić information content (AvgIpc) is 3.23. The number of esters is 1. The fourth-order valence-electron chi connectivity index (χ4n) is 2.29. The number of ether oxygens (including phenoxy) is 1. The van der Waals surface area contributed by atoms with Crippen molar-refractivity contribution in [3.63, 3.8) is 0 Å². The van der Waals surface area contributed by atoms with Crippen LogP contribution < -0.4 is 5.32 Å². The molecule has 7 heteroatoms. The van der Waals surface area contributed by atoms with Crippen LogP contribution in [0, 0.1) is 13.8 Å². The van der Waals surface area contributed by atoms with Gasteiger partial charge in [0.05, 0.1) is 18.4 Å². The molecular formula is C19H18N2O4S. The van der Waals surface area contributed by atoms with Crippen molar-refractivity contribution >= 4 is 28.9 Å². The molecule has 0 fully saturated rings. The first kappa shape index (κ1) is 17.9. The molecule has 134 valence electrons. The van der Waals surface area contributed by atoms with Gasteiger partial charge in [-0.3, -0.25) is 4.79 Å². The lowest BCUT2D eigenvalue weighted by atomic mass is 10.2. The van der Waals surface area contributed by atoms with Crippen molar-refractivity contribution in [3.8, 4) is 0 Å². The molecule has 0 atom stereocenters. The highest BCUT2D eigenvalue weighted by Gasteiger charge is 2.14. The number of carbonyl (C=O) groups excluding carboxylic acids is 2. The third-order valence-electron chi connectivity index (χ3n) is 3.68. The molecule has 6 nitrogen and oxygen atoms in total. The minimum Gasteiger partial charge on any atom is -0.469 e. The van der Waals surface area contributed by atoms with Gasteiger partial charge in [0, 0.05) is 11.1 Å². The molecule has 3 aromatic rings. The third kappa shape index (κ3) is 4.58. The van der Waals surface area contributed by atoms with Crippen LogP contribution in [0.2, 0.25) is 0 Å². The number of carbonyl (C=O) groups is 2. The van der Waals surface area contributed by atoms with Crippen molar-refractivity contribution in [1.82, 2.24) is 4.98 Å². The van der Waals surface area contributed by atoms with Crippen LogP contribution in [0.4, 0.5) is 5.69 Å². The molecule has 3 rings (SSSR count). The largest absolute Gasteiger partial charge is 0.469 e. The summed E-state index contributed by atoms with van der Waals surface area (Å²) in [5, 5.41) is 5.28. The molecular weight excluding hydrogens is 352 g/mol. The van der Waals surface area contributed by atoms with Crippen LogP contribution in [0.15, 0.2) is 46.4 Å². The molecule has 0 unspecified atom stereocenters. The number of anilines is 1. The maximum atomic E-state index is 12.1. The zero-order valence-electron chi connectivity index (χ0n) is 14.4. The van der Waals surface area contributed by atoms with E-state index in [-0.39, 0.29) is 18.9 Å². The van der Waals surface area contributed by atoms with Crippen molar-refractivity contribution in [1.29, 1.82) is 0 Å². The summed E-state index contributed by atoms with van der Waals surface area (Å²) >= 11 is 1.36. The highest BCUT2D eigenvalue weighted by molar-refractivity contribution is 7.09. The lowest BCUT2D eigenvalue weighted by molar-refractivity contribution is -0.115. The van der Waals surface area contributed by atoms with E-state index in [4.69, 9.17) is 9.15 Å². The molecule has 0 bridgehead atoms. The Morgan fingerprint density at radius 2 is 1.96 bits per heavy atom. The summed E-state index contributed by atoms with van der Waals surface area (Å²) in [4.78, 5) is 28.4. The normalized spacial score (nSPS) is 10.5. The predicted molar refractivity (Wildman–Crippen MR) is 98.2 cm³/mol. The number of nitrogens with zero attached hydrogens (tertiary/aromatic N) is 1. The van der Waals surface area contributed by atoms with Gasteiger partial charge in [-0.15, -0.1) is 11.3 Å². The van der Waals surface area contributed by atoms with Crippen molar-refractivity contribution in [2.75, 3.05) is 5.32 Å². The summed E-state index contributed by atoms with van der Waals surface area (Å²) in [5.74, 6) is -0.0783. The summed E-state index contributed by atoms with van der Waals surface area (Å²) < 4.78 is 10.3. The van der Waals surface area contributed by atoms with E-state index in [1.54, 1.807) is 18.4 Å². The van der Waals surface area contributed by atoms with E-state index >= 15 is 0 Å². The molecule has 0 saturated carbocycles. The van der Waals surface area contributed by atoms with Gasteiger partial charge in [-0.2, -0.15) is 0 Å². The molecule has 26 heavy (non-hydrogen) atoms. The fourth-order valence-corrected chi connectivity index (χ4v) is 3.07. The standard InChI is InChI=1S/C19H18N2O4S/c1-12-3-5-14(6-4-12)20-17(22)9-18-21-15(11-26-18)10-25-19(23)16-7-8-24-13(16)2/h3-8,11H,9-10H2,1-2H3,(H,20,22). The minimum atomic E-state index is -0.456. The Hall–Kier alpha value is -2.93. The average molecular weight is 370 g/mol. The summed E-state index contributed by atoms with van der Waals surface area (Å²) in [6.45, 7) is 3.74. The van der Waals surface area contributed by atoms with Crippen molar-refractivity contribution < 1.29 is 18.7 Å². The Balaban J connectivity index is 1.51. The van der Waals surface area contributed by atoms with E-state index in [1.807, 2.05) is 31.2 Å². The van der Waals surface area contributed by atoms with Crippen molar-refractivity contribution in [2.24, 2.45) is 0 Å². The molecule has 0 radical (unpaired) electrons. The van der Waals surface area contributed by atoms with Crippen LogP contribution in [0.1, 0.15) is 32.4 Å². The number of amides is 1. The van der Waals surface area contributed by atoms with E-state index in [0.717, 1.165) is 11.3 Å². The van der Waals surface area contributed by atoms with E-state index < -0.39 is 5.97 Å². The molecule has 0 saturated heterocycles. The fraction of sp³-hybridized carbons (Fsp3) is 0.211. The minimum absolute atomic E-state index is 0.0551. The third-order valence-corrected chi connectivity index (χ3v) is 4.57. The number of furan rings is 1. The van der Waals surface area contributed by atoms with Gasteiger partial charge >= 0.3 is 5.97 Å². The van der Waals surface area contributed by atoms with Gasteiger partial charge in [0.25, 0.3) is 0 Å². The topological polar surface area (TPSA) is 81.4 Å². The number of benzene rings is 1. The van der Waals surface area contributed by atoms with Crippen LogP contribution >= 0.6 is 11.3 Å². The number of thiazole rings is 1. The molecule has 2 aromatic heterocycles. The van der Waals surface area contributed by atoms with Crippen LogP contribution in [-0.4, -0.2) is 16.9 Å². The maximum Gasteiger partial charge on any atom is 0.342 e. The number of hydrogen-bond donors (Lipinski definition) is 1. The molecule has 0 aliphatic rings. The van der Waals surface area contributed by atoms with Crippen molar-refractivity contribution in [2.45, 2.75) is 26.9 Å². The van der Waals surface area contributed by atoms with Gasteiger partial charge in [-0.1, -0.05) is 17.7 Å². The zero-order chi connectivity index (χ0) is 18.5.